The molecule has 0 radical (unpaired) electrons. The van der Waals surface area contributed by atoms with Gasteiger partial charge in [-0.05, 0) is 18.8 Å². The van der Waals surface area contributed by atoms with Crippen LogP contribution in [-0.2, 0) is 6.54 Å². The fraction of sp³-hybridized carbons (Fsp3) is 0.714. The summed E-state index contributed by atoms with van der Waals surface area (Å²) in [5, 5.41) is 16.6. The van der Waals surface area contributed by atoms with Gasteiger partial charge >= 0.3 is 0 Å². The first-order chi connectivity index (χ1) is 9.51. The average molecular weight is 302 g/mol. The van der Waals surface area contributed by atoms with Crippen LogP contribution in [-0.4, -0.2) is 27.5 Å². The lowest BCUT2D eigenvalue weighted by molar-refractivity contribution is 0.267. The summed E-state index contributed by atoms with van der Waals surface area (Å²) >= 11 is 6.13. The van der Waals surface area contributed by atoms with E-state index >= 15 is 0 Å². The molecule has 0 amide bonds. The number of aliphatic hydroxyl groups is 1. The number of aryl methyl sites for hydroxylation is 1. The Morgan fingerprint density at radius 3 is 2.75 bits per heavy atom. The van der Waals surface area contributed by atoms with Crippen molar-refractivity contribution in [3.8, 4) is 0 Å². The highest BCUT2D eigenvalue weighted by molar-refractivity contribution is 6.32. The van der Waals surface area contributed by atoms with E-state index in [9.17, 15) is 4.79 Å². The number of aliphatic hydroxyl groups excluding tert-OH is 1. The van der Waals surface area contributed by atoms with Crippen LogP contribution >= 0.6 is 11.6 Å². The lowest BCUT2D eigenvalue weighted by Crippen LogP contribution is -2.30. The highest BCUT2D eigenvalue weighted by Gasteiger charge is 2.16. The molecule has 1 atom stereocenters. The van der Waals surface area contributed by atoms with Crippen LogP contribution in [0.2, 0.25) is 5.02 Å². The van der Waals surface area contributed by atoms with Gasteiger partial charge in [-0.3, -0.25) is 4.79 Å². The van der Waals surface area contributed by atoms with Crippen molar-refractivity contribution in [3.05, 3.63) is 21.6 Å². The molecule has 0 spiro atoms. The van der Waals surface area contributed by atoms with Crippen LogP contribution in [0, 0.1) is 5.92 Å². The average Bonchev–Trinajstić information content (AvgIpc) is 2.42. The lowest BCUT2D eigenvalue weighted by Gasteiger charge is -2.23. The highest BCUT2D eigenvalue weighted by Crippen LogP contribution is 2.20. The minimum absolute atomic E-state index is 0.0604. The van der Waals surface area contributed by atoms with Gasteiger partial charge in [0.2, 0.25) is 0 Å². The Labute approximate surface area is 125 Å². The molecule has 0 aliphatic rings. The lowest BCUT2D eigenvalue weighted by atomic mass is 10.0. The fourth-order valence-corrected chi connectivity index (χ4v) is 2.14. The largest absolute Gasteiger partial charge is 0.396 e. The molecular weight excluding hydrogens is 278 g/mol. The van der Waals surface area contributed by atoms with Crippen LogP contribution < -0.4 is 10.9 Å². The van der Waals surface area contributed by atoms with Crippen molar-refractivity contribution in [2.75, 3.05) is 11.9 Å². The van der Waals surface area contributed by atoms with E-state index < -0.39 is 0 Å². The number of hydrogen-bond donors (Lipinski definition) is 2. The molecule has 0 saturated carbocycles. The van der Waals surface area contributed by atoms with Crippen LogP contribution in [0.25, 0.3) is 0 Å². The number of hydrogen-bond acceptors (Lipinski definition) is 4. The second kappa shape index (κ2) is 8.27. The topological polar surface area (TPSA) is 67.2 Å². The van der Waals surface area contributed by atoms with Crippen molar-refractivity contribution >= 4 is 17.3 Å². The zero-order valence-corrected chi connectivity index (χ0v) is 13.2. The van der Waals surface area contributed by atoms with Gasteiger partial charge in [0.05, 0.1) is 11.9 Å². The Morgan fingerprint density at radius 2 is 2.20 bits per heavy atom. The van der Waals surface area contributed by atoms with E-state index in [0.717, 1.165) is 12.8 Å². The summed E-state index contributed by atoms with van der Waals surface area (Å²) in [6, 6.07) is 0.0604. The molecule has 1 aromatic rings. The summed E-state index contributed by atoms with van der Waals surface area (Å²) in [7, 11) is 0. The van der Waals surface area contributed by atoms with Crippen LogP contribution in [0.3, 0.4) is 0 Å². The zero-order chi connectivity index (χ0) is 15.1. The maximum Gasteiger partial charge on any atom is 0.287 e. The molecule has 1 aromatic heterocycles. The maximum atomic E-state index is 12.1. The first-order valence-corrected chi connectivity index (χ1v) is 7.52. The summed E-state index contributed by atoms with van der Waals surface area (Å²) < 4.78 is 1.40. The summed E-state index contributed by atoms with van der Waals surface area (Å²) in [4.78, 5) is 12.1. The Bertz CT molecular complexity index is 474. The van der Waals surface area contributed by atoms with Gasteiger partial charge in [-0.15, -0.1) is 0 Å². The first kappa shape index (κ1) is 17.0. The molecule has 2 N–H and O–H groups in total. The third-order valence-electron chi connectivity index (χ3n) is 3.29. The number of nitrogens with one attached hydrogen (secondary N) is 1. The standard InChI is InChI=1S/C14H24ClN3O2/c1-4-5-7-18-14(20)13(15)12(9-16-18)17-11(6-8-19)10(2)3/h9-11,17,19H,4-8H2,1-3H3. The minimum atomic E-state index is -0.267. The van der Waals surface area contributed by atoms with Gasteiger partial charge in [0.15, 0.2) is 0 Å². The van der Waals surface area contributed by atoms with Gasteiger partial charge in [0.1, 0.15) is 5.02 Å². The van der Waals surface area contributed by atoms with Gasteiger partial charge in [-0.25, -0.2) is 4.68 Å². The number of aromatic nitrogens is 2. The molecule has 0 aliphatic carbocycles. The van der Waals surface area contributed by atoms with Crippen molar-refractivity contribution in [2.45, 2.75) is 52.6 Å². The summed E-state index contributed by atoms with van der Waals surface area (Å²) in [5.41, 5.74) is 0.271. The monoisotopic (exact) mass is 301 g/mol. The van der Waals surface area contributed by atoms with Gasteiger partial charge in [-0.1, -0.05) is 38.8 Å². The van der Waals surface area contributed by atoms with Gasteiger partial charge < -0.3 is 10.4 Å². The summed E-state index contributed by atoms with van der Waals surface area (Å²) in [6.45, 7) is 6.84. The molecular formula is C14H24ClN3O2. The molecule has 1 unspecified atom stereocenters. The molecule has 0 aliphatic heterocycles. The van der Waals surface area contributed by atoms with Gasteiger partial charge in [0.25, 0.3) is 5.56 Å². The van der Waals surface area contributed by atoms with E-state index in [1.54, 1.807) is 6.20 Å². The maximum absolute atomic E-state index is 12.1. The van der Waals surface area contributed by atoms with Gasteiger partial charge in [-0.2, -0.15) is 5.10 Å². The number of nitrogens with zero attached hydrogens (tertiary/aromatic N) is 2. The fourth-order valence-electron chi connectivity index (χ4n) is 1.94. The first-order valence-electron chi connectivity index (χ1n) is 7.14. The van der Waals surface area contributed by atoms with Crippen molar-refractivity contribution in [1.82, 2.24) is 9.78 Å². The summed E-state index contributed by atoms with van der Waals surface area (Å²) in [5.74, 6) is 0.320. The third-order valence-corrected chi connectivity index (χ3v) is 3.66. The van der Waals surface area contributed by atoms with E-state index in [2.05, 4.69) is 31.2 Å². The predicted octanol–water partition coefficient (Wildman–Crippen LogP) is 2.52. The van der Waals surface area contributed by atoms with Crippen molar-refractivity contribution in [2.24, 2.45) is 5.92 Å². The predicted molar refractivity (Wildman–Crippen MR) is 82.4 cm³/mol. The van der Waals surface area contributed by atoms with Crippen molar-refractivity contribution < 1.29 is 5.11 Å². The third kappa shape index (κ3) is 4.49. The van der Waals surface area contributed by atoms with Crippen LogP contribution in [0.4, 0.5) is 5.69 Å². The Morgan fingerprint density at radius 1 is 1.50 bits per heavy atom. The highest BCUT2D eigenvalue weighted by atomic mass is 35.5. The molecule has 1 heterocycles. The Balaban J connectivity index is 2.91. The van der Waals surface area contributed by atoms with E-state index in [1.165, 1.54) is 4.68 Å². The molecule has 0 bridgehead atoms. The molecule has 6 heteroatoms. The quantitative estimate of drug-likeness (QED) is 0.774. The van der Waals surface area contributed by atoms with Crippen molar-refractivity contribution in [3.63, 3.8) is 0 Å². The Hall–Kier alpha value is -1.07. The molecule has 5 nitrogen and oxygen atoms in total. The van der Waals surface area contributed by atoms with Crippen molar-refractivity contribution in [1.29, 1.82) is 0 Å². The number of anilines is 1. The SMILES string of the molecule is CCCCn1ncc(NC(CCO)C(C)C)c(Cl)c1=O. The number of unbranched alkanes of at least 4 members (excludes halogenated alkanes) is 1. The smallest absolute Gasteiger partial charge is 0.287 e. The van der Waals surface area contributed by atoms with Crippen LogP contribution in [0.15, 0.2) is 11.0 Å². The minimum Gasteiger partial charge on any atom is -0.396 e. The van der Waals surface area contributed by atoms with Crippen LogP contribution in [0.5, 0.6) is 0 Å². The second-order valence-corrected chi connectivity index (χ2v) is 5.64. The van der Waals surface area contributed by atoms with E-state index in [4.69, 9.17) is 16.7 Å². The van der Waals surface area contributed by atoms with E-state index in [1.807, 2.05) is 0 Å². The van der Waals surface area contributed by atoms with Gasteiger partial charge in [0, 0.05) is 19.2 Å². The molecule has 20 heavy (non-hydrogen) atoms. The molecule has 0 aromatic carbocycles. The van der Waals surface area contributed by atoms with E-state index in [-0.39, 0.29) is 23.2 Å². The van der Waals surface area contributed by atoms with E-state index in [0.29, 0.717) is 24.6 Å². The Kier molecular flexibility index (Phi) is 7.02. The normalized spacial score (nSPS) is 12.7. The zero-order valence-electron chi connectivity index (χ0n) is 12.4. The number of rotatable bonds is 8. The summed E-state index contributed by atoms with van der Waals surface area (Å²) in [6.07, 6.45) is 4.09. The second-order valence-electron chi connectivity index (χ2n) is 5.26. The molecule has 0 fully saturated rings. The molecule has 114 valence electrons. The molecule has 0 saturated heterocycles. The number of halogens is 1. The van der Waals surface area contributed by atoms with Crippen LogP contribution in [0.1, 0.15) is 40.0 Å². The molecule has 1 rings (SSSR count).